The summed E-state index contributed by atoms with van der Waals surface area (Å²) >= 11 is 0. The summed E-state index contributed by atoms with van der Waals surface area (Å²) in [7, 11) is 0. The summed E-state index contributed by atoms with van der Waals surface area (Å²) in [5.74, 6) is 0.212. The van der Waals surface area contributed by atoms with Crippen LogP contribution in [0.2, 0.25) is 0 Å². The van der Waals surface area contributed by atoms with Crippen LogP contribution in [0.3, 0.4) is 0 Å². The molecule has 0 saturated heterocycles. The van der Waals surface area contributed by atoms with Gasteiger partial charge in [0.15, 0.2) is 0 Å². The minimum absolute atomic E-state index is 0.107. The van der Waals surface area contributed by atoms with Crippen molar-refractivity contribution in [2.45, 2.75) is 19.3 Å². The van der Waals surface area contributed by atoms with Crippen LogP contribution in [0, 0.1) is 11.3 Å². The fraction of sp³-hybridized carbons (Fsp3) is 0.143. The molecule has 0 bridgehead atoms. The molecule has 1 aliphatic rings. The van der Waals surface area contributed by atoms with Crippen LogP contribution in [-0.2, 0) is 6.42 Å². The number of hydrogen-bond acceptors (Lipinski definition) is 4. The molecule has 0 fully saturated rings. The molecule has 0 saturated carbocycles. The first-order valence-electron chi connectivity index (χ1n) is 8.53. The van der Waals surface area contributed by atoms with Gasteiger partial charge in [0.05, 0.1) is 17.2 Å². The van der Waals surface area contributed by atoms with E-state index >= 15 is 0 Å². The number of H-pyrrole nitrogens is 1. The third-order valence-corrected chi connectivity index (χ3v) is 4.72. The molecular weight excluding hydrogens is 324 g/mol. The van der Waals surface area contributed by atoms with E-state index in [1.165, 1.54) is 5.56 Å². The van der Waals surface area contributed by atoms with Crippen molar-refractivity contribution in [2.75, 3.05) is 0 Å². The van der Waals surface area contributed by atoms with Gasteiger partial charge in [0.25, 0.3) is 0 Å². The summed E-state index contributed by atoms with van der Waals surface area (Å²) in [6.45, 7) is 2.11. The van der Waals surface area contributed by atoms with Gasteiger partial charge in [0, 0.05) is 0 Å². The van der Waals surface area contributed by atoms with Crippen molar-refractivity contribution in [3.8, 4) is 23.2 Å². The highest BCUT2D eigenvalue weighted by Gasteiger charge is 2.35. The molecule has 3 N–H and O–H groups in total. The smallest absolute Gasteiger partial charge is 0.244 e. The molecule has 5 heteroatoms. The maximum atomic E-state index is 9.72. The number of allylic oxidation sites excluding steroid dienone is 1. The Morgan fingerprint density at radius 3 is 2.54 bits per heavy atom. The Bertz CT molecular complexity index is 1010. The van der Waals surface area contributed by atoms with Crippen molar-refractivity contribution in [3.63, 3.8) is 0 Å². The molecule has 0 radical (unpaired) electrons. The standard InChI is InChI=1S/C21H18N4O/c1-2-13-8-10-14(11-9-13)17-16(12-22)20(23)26-21-18(17)19(24-25-21)15-6-4-3-5-7-15/h3-11,17H,2,23H2,1H3,(H,24,25)/t17-/m1/s1. The molecule has 2 heterocycles. The van der Waals surface area contributed by atoms with Gasteiger partial charge in [-0.05, 0) is 23.1 Å². The lowest BCUT2D eigenvalue weighted by Crippen LogP contribution is -2.21. The maximum absolute atomic E-state index is 9.72. The first-order chi connectivity index (χ1) is 12.7. The number of nitrogens with zero attached hydrogens (tertiary/aromatic N) is 2. The number of rotatable bonds is 3. The molecular formula is C21H18N4O. The Kier molecular flexibility index (Phi) is 3.94. The number of aryl methyl sites for hydroxylation is 1. The number of nitrogens with two attached hydrogens (primary N) is 1. The molecule has 0 aliphatic carbocycles. The van der Waals surface area contributed by atoms with Crippen molar-refractivity contribution in [2.24, 2.45) is 5.73 Å². The van der Waals surface area contributed by atoms with Crippen molar-refractivity contribution < 1.29 is 4.74 Å². The molecule has 26 heavy (non-hydrogen) atoms. The first kappa shape index (κ1) is 16.0. The fourth-order valence-corrected chi connectivity index (χ4v) is 3.35. The van der Waals surface area contributed by atoms with Crippen LogP contribution in [0.1, 0.15) is 29.5 Å². The average Bonchev–Trinajstić information content (AvgIpc) is 3.11. The van der Waals surface area contributed by atoms with Gasteiger partial charge in [-0.2, -0.15) is 5.26 Å². The van der Waals surface area contributed by atoms with Gasteiger partial charge < -0.3 is 10.5 Å². The van der Waals surface area contributed by atoms with Crippen LogP contribution in [-0.4, -0.2) is 10.2 Å². The number of ether oxygens (including phenoxy) is 1. The highest BCUT2D eigenvalue weighted by Crippen LogP contribution is 2.45. The lowest BCUT2D eigenvalue weighted by Gasteiger charge is -2.24. The predicted octanol–water partition coefficient (Wildman–Crippen LogP) is 3.86. The van der Waals surface area contributed by atoms with E-state index in [-0.39, 0.29) is 11.8 Å². The highest BCUT2D eigenvalue weighted by molar-refractivity contribution is 5.70. The summed E-state index contributed by atoms with van der Waals surface area (Å²) in [6.07, 6.45) is 0.962. The molecule has 2 aromatic carbocycles. The number of aromatic amines is 1. The first-order valence-corrected chi connectivity index (χ1v) is 8.53. The minimum atomic E-state index is -0.316. The second kappa shape index (κ2) is 6.41. The van der Waals surface area contributed by atoms with Crippen LogP contribution >= 0.6 is 0 Å². The molecule has 1 atom stereocenters. The fourth-order valence-electron chi connectivity index (χ4n) is 3.35. The zero-order valence-electron chi connectivity index (χ0n) is 14.4. The molecule has 128 valence electrons. The quantitative estimate of drug-likeness (QED) is 0.756. The Balaban J connectivity index is 1.92. The number of fused-ring (bicyclic) bond motifs is 1. The molecule has 0 amide bonds. The number of nitriles is 1. The van der Waals surface area contributed by atoms with E-state index in [0.717, 1.165) is 28.8 Å². The third-order valence-electron chi connectivity index (χ3n) is 4.72. The second-order valence-corrected chi connectivity index (χ2v) is 6.20. The van der Waals surface area contributed by atoms with Crippen LogP contribution in [0.15, 0.2) is 66.1 Å². The van der Waals surface area contributed by atoms with E-state index < -0.39 is 0 Å². The van der Waals surface area contributed by atoms with E-state index in [1.54, 1.807) is 0 Å². The van der Waals surface area contributed by atoms with Crippen LogP contribution in [0.25, 0.3) is 11.3 Å². The summed E-state index contributed by atoms with van der Waals surface area (Å²) < 4.78 is 5.63. The number of nitrogens with one attached hydrogen (secondary N) is 1. The lowest BCUT2D eigenvalue weighted by atomic mass is 9.82. The Morgan fingerprint density at radius 1 is 1.15 bits per heavy atom. The van der Waals surface area contributed by atoms with Gasteiger partial charge in [-0.25, -0.2) is 0 Å². The van der Waals surface area contributed by atoms with E-state index in [1.807, 2.05) is 42.5 Å². The third kappa shape index (κ3) is 2.52. The van der Waals surface area contributed by atoms with E-state index in [4.69, 9.17) is 10.5 Å². The Labute approximate surface area is 151 Å². The van der Waals surface area contributed by atoms with Crippen molar-refractivity contribution in [1.29, 1.82) is 5.26 Å². The second-order valence-electron chi connectivity index (χ2n) is 6.20. The van der Waals surface area contributed by atoms with Gasteiger partial charge in [-0.15, -0.1) is 5.10 Å². The summed E-state index contributed by atoms with van der Waals surface area (Å²) in [5, 5.41) is 17.1. The van der Waals surface area contributed by atoms with E-state index in [2.05, 4.69) is 35.3 Å². The van der Waals surface area contributed by atoms with Gasteiger partial charge in [0.1, 0.15) is 11.6 Å². The number of benzene rings is 2. The average molecular weight is 342 g/mol. The maximum Gasteiger partial charge on any atom is 0.244 e. The molecule has 5 nitrogen and oxygen atoms in total. The van der Waals surface area contributed by atoms with E-state index in [9.17, 15) is 5.26 Å². The van der Waals surface area contributed by atoms with Crippen LogP contribution in [0.4, 0.5) is 0 Å². The predicted molar refractivity (Wildman–Crippen MR) is 99.1 cm³/mol. The number of aromatic nitrogens is 2. The molecule has 4 rings (SSSR count). The summed E-state index contributed by atoms with van der Waals surface area (Å²) in [5.41, 5.74) is 11.3. The Morgan fingerprint density at radius 2 is 1.88 bits per heavy atom. The summed E-state index contributed by atoms with van der Waals surface area (Å²) in [6, 6.07) is 20.4. The monoisotopic (exact) mass is 342 g/mol. The molecule has 1 aromatic heterocycles. The molecule has 0 spiro atoms. The largest absolute Gasteiger partial charge is 0.420 e. The molecule has 1 aliphatic heterocycles. The van der Waals surface area contributed by atoms with Crippen LogP contribution < -0.4 is 10.5 Å². The van der Waals surface area contributed by atoms with Crippen molar-refractivity contribution in [3.05, 3.63) is 82.7 Å². The minimum Gasteiger partial charge on any atom is -0.420 e. The van der Waals surface area contributed by atoms with Crippen LogP contribution in [0.5, 0.6) is 5.88 Å². The van der Waals surface area contributed by atoms with Gasteiger partial charge in [-0.1, -0.05) is 61.5 Å². The van der Waals surface area contributed by atoms with Gasteiger partial charge in [0.2, 0.25) is 11.8 Å². The van der Waals surface area contributed by atoms with Gasteiger partial charge in [-0.3, -0.25) is 5.10 Å². The highest BCUT2D eigenvalue weighted by atomic mass is 16.5. The van der Waals surface area contributed by atoms with Crippen molar-refractivity contribution >= 4 is 0 Å². The normalized spacial score (nSPS) is 15.9. The number of hydrogen-bond donors (Lipinski definition) is 2. The van der Waals surface area contributed by atoms with E-state index in [0.29, 0.717) is 11.5 Å². The SMILES string of the molecule is CCc1ccc([C@@H]2C(C#N)=C(N)Oc3n[nH]c(-c4ccccc4)c32)cc1. The Hall–Kier alpha value is -3.52. The van der Waals surface area contributed by atoms with Gasteiger partial charge >= 0.3 is 0 Å². The lowest BCUT2D eigenvalue weighted by molar-refractivity contribution is 0.379. The topological polar surface area (TPSA) is 87.7 Å². The van der Waals surface area contributed by atoms with Crippen molar-refractivity contribution in [1.82, 2.24) is 10.2 Å². The zero-order chi connectivity index (χ0) is 18.1. The molecule has 3 aromatic rings. The summed E-state index contributed by atoms with van der Waals surface area (Å²) in [4.78, 5) is 0. The molecule has 0 unspecified atom stereocenters. The zero-order valence-corrected chi connectivity index (χ0v) is 14.4.